The third kappa shape index (κ3) is 6.38. The number of nitrogens with one attached hydrogen (secondary N) is 1. The largest absolute Gasteiger partial charge is 0.493 e. The molecule has 0 bridgehead atoms. The number of amides is 2. The number of rotatable bonds is 8. The number of carbonyl (C=O) groups excluding carboxylic acids is 4. The van der Waals surface area contributed by atoms with E-state index in [1.807, 2.05) is 0 Å². The van der Waals surface area contributed by atoms with Crippen molar-refractivity contribution < 1.29 is 38.5 Å². The Balaban J connectivity index is 2.39. The Hall–Kier alpha value is -2.27. The highest BCUT2D eigenvalue weighted by Crippen LogP contribution is 2.36. The molecular weight excluding hydrogens is 491 g/mol. The van der Waals surface area contributed by atoms with Crippen molar-refractivity contribution >= 4 is 64.6 Å². The molecule has 0 saturated carbocycles. The number of halogens is 3. The molecule has 1 saturated heterocycles. The highest BCUT2D eigenvalue weighted by Gasteiger charge is 2.39. The van der Waals surface area contributed by atoms with Crippen LogP contribution in [0.15, 0.2) is 12.1 Å². The summed E-state index contributed by atoms with van der Waals surface area (Å²) in [6.45, 7) is -1.04. The molecule has 10 nitrogen and oxygen atoms in total. The van der Waals surface area contributed by atoms with Crippen molar-refractivity contribution in [3.63, 3.8) is 0 Å². The Bertz CT molecular complexity index is 890. The zero-order valence-electron chi connectivity index (χ0n) is 17.1. The minimum Gasteiger partial charge on any atom is -0.493 e. The first-order chi connectivity index (χ1) is 15.0. The van der Waals surface area contributed by atoms with Gasteiger partial charge in [-0.1, -0.05) is 34.8 Å². The lowest BCUT2D eigenvalue weighted by atomic mass is 10.0. The Morgan fingerprint density at radius 3 is 2.38 bits per heavy atom. The van der Waals surface area contributed by atoms with Gasteiger partial charge >= 0.3 is 6.09 Å². The average Bonchev–Trinajstić information content (AvgIpc) is 3.20. The van der Waals surface area contributed by atoms with Crippen molar-refractivity contribution in [2.24, 2.45) is 5.92 Å². The van der Waals surface area contributed by atoms with E-state index in [4.69, 9.17) is 49.0 Å². The summed E-state index contributed by atoms with van der Waals surface area (Å²) in [5, 5.41) is 12.1. The van der Waals surface area contributed by atoms with Crippen LogP contribution in [-0.2, 0) is 14.3 Å². The molecule has 2 N–H and O–H groups in total. The van der Waals surface area contributed by atoms with E-state index in [0.717, 1.165) is 0 Å². The summed E-state index contributed by atoms with van der Waals surface area (Å²) in [4.78, 5) is 49.4. The van der Waals surface area contributed by atoms with Gasteiger partial charge in [0.25, 0.3) is 5.91 Å². The van der Waals surface area contributed by atoms with Crippen molar-refractivity contribution in [3.05, 3.63) is 17.7 Å². The van der Waals surface area contributed by atoms with Crippen molar-refractivity contribution in [3.8, 4) is 11.5 Å². The van der Waals surface area contributed by atoms with Crippen LogP contribution in [0, 0.1) is 5.92 Å². The number of nitrogens with zero attached hydrogens (tertiary/aromatic N) is 1. The molecule has 0 unspecified atom stereocenters. The van der Waals surface area contributed by atoms with E-state index in [9.17, 15) is 24.3 Å². The first-order valence-electron chi connectivity index (χ1n) is 9.22. The first-order valence-corrected chi connectivity index (χ1v) is 10.3. The molecule has 1 heterocycles. The van der Waals surface area contributed by atoms with Gasteiger partial charge in [-0.25, -0.2) is 4.79 Å². The van der Waals surface area contributed by atoms with Gasteiger partial charge in [0.05, 0.1) is 38.1 Å². The van der Waals surface area contributed by atoms with Crippen molar-refractivity contribution in [2.75, 3.05) is 39.3 Å². The Kier molecular flexibility index (Phi) is 8.97. The molecule has 1 aromatic carbocycles. The van der Waals surface area contributed by atoms with Gasteiger partial charge in [0, 0.05) is 18.5 Å². The van der Waals surface area contributed by atoms with Gasteiger partial charge in [-0.3, -0.25) is 19.7 Å². The topological polar surface area (TPSA) is 131 Å². The Morgan fingerprint density at radius 2 is 1.84 bits per heavy atom. The third-order valence-electron chi connectivity index (χ3n) is 4.76. The monoisotopic (exact) mass is 510 g/mol. The van der Waals surface area contributed by atoms with Gasteiger partial charge in [-0.05, 0) is 12.5 Å². The fourth-order valence-electron chi connectivity index (χ4n) is 3.25. The maximum Gasteiger partial charge on any atom is 0.411 e. The van der Waals surface area contributed by atoms with Gasteiger partial charge in [0.1, 0.15) is 6.61 Å². The number of aliphatic hydroxyl groups is 1. The Morgan fingerprint density at radius 1 is 1.22 bits per heavy atom. The number of hydrogen-bond acceptors (Lipinski definition) is 8. The summed E-state index contributed by atoms with van der Waals surface area (Å²) in [5.74, 6) is -1.63. The van der Waals surface area contributed by atoms with Crippen LogP contribution in [0.2, 0.25) is 0 Å². The average molecular weight is 512 g/mol. The van der Waals surface area contributed by atoms with E-state index in [1.165, 1.54) is 31.3 Å². The maximum atomic E-state index is 13.3. The van der Waals surface area contributed by atoms with Crippen LogP contribution in [0.1, 0.15) is 16.8 Å². The van der Waals surface area contributed by atoms with Crippen LogP contribution < -0.4 is 14.8 Å². The number of aldehydes is 1. The number of anilines is 1. The lowest BCUT2D eigenvalue weighted by molar-refractivity contribution is -0.132. The highest BCUT2D eigenvalue weighted by molar-refractivity contribution is 6.67. The molecule has 0 aliphatic carbocycles. The summed E-state index contributed by atoms with van der Waals surface area (Å²) in [6, 6.07) is 1.96. The van der Waals surface area contributed by atoms with Crippen molar-refractivity contribution in [1.82, 2.24) is 4.90 Å². The fraction of sp³-hybridized carbons (Fsp3) is 0.474. The van der Waals surface area contributed by atoms with E-state index in [-0.39, 0.29) is 42.0 Å². The lowest BCUT2D eigenvalue weighted by Crippen LogP contribution is -2.38. The molecule has 1 aromatic rings. The number of methoxy groups -OCH3 is 2. The molecule has 1 aliphatic heterocycles. The quantitative estimate of drug-likeness (QED) is 0.308. The number of likely N-dealkylation sites (tertiary alicyclic amines) is 1. The molecule has 1 aliphatic rings. The maximum absolute atomic E-state index is 13.3. The summed E-state index contributed by atoms with van der Waals surface area (Å²) < 4.78 is 13.4. The standard InChI is InChI=1S/C19H21Cl3N2O8/c1-30-15-4-12(17(28)24-6-10(14(27)8-26)3-11(24)7-25)13(5-16(15)31-2)23-18(29)32-9-19(20,21)22/h4-5,8,10-11,25H,3,6-7,9H2,1-2H3,(H,23,29)/t10-,11+/m1/s1. The Labute approximate surface area is 198 Å². The molecule has 32 heavy (non-hydrogen) atoms. The number of ether oxygens (including phenoxy) is 3. The molecule has 2 rings (SSSR count). The molecule has 0 spiro atoms. The number of hydrogen-bond donors (Lipinski definition) is 2. The van der Waals surface area contributed by atoms with Crippen LogP contribution in [0.5, 0.6) is 11.5 Å². The minimum atomic E-state index is -1.84. The smallest absolute Gasteiger partial charge is 0.411 e. The molecule has 13 heteroatoms. The van der Waals surface area contributed by atoms with E-state index < -0.39 is 46.7 Å². The second-order valence-corrected chi connectivity index (χ2v) is 9.33. The minimum absolute atomic E-state index is 0.0104. The molecule has 0 radical (unpaired) electrons. The van der Waals surface area contributed by atoms with Gasteiger partial charge < -0.3 is 24.2 Å². The number of ketones is 1. The van der Waals surface area contributed by atoms with Crippen LogP contribution >= 0.6 is 34.8 Å². The zero-order valence-corrected chi connectivity index (χ0v) is 19.4. The number of aliphatic hydroxyl groups excluding tert-OH is 1. The summed E-state index contributed by atoms with van der Waals surface area (Å²) in [5.41, 5.74) is -0.0463. The van der Waals surface area contributed by atoms with Gasteiger partial charge in [-0.2, -0.15) is 0 Å². The molecule has 2 amide bonds. The van der Waals surface area contributed by atoms with Crippen molar-refractivity contribution in [1.29, 1.82) is 0 Å². The first kappa shape index (κ1) is 26.0. The molecule has 176 valence electrons. The van der Waals surface area contributed by atoms with Gasteiger partial charge in [0.15, 0.2) is 23.6 Å². The van der Waals surface area contributed by atoms with Crippen LogP contribution in [0.4, 0.5) is 10.5 Å². The summed E-state index contributed by atoms with van der Waals surface area (Å²) in [7, 11) is 2.72. The van der Waals surface area contributed by atoms with Crippen LogP contribution in [0.3, 0.4) is 0 Å². The molecule has 0 aromatic heterocycles. The highest BCUT2D eigenvalue weighted by atomic mass is 35.6. The predicted molar refractivity (Wildman–Crippen MR) is 116 cm³/mol. The van der Waals surface area contributed by atoms with Crippen LogP contribution in [-0.4, -0.2) is 77.9 Å². The van der Waals surface area contributed by atoms with E-state index in [1.54, 1.807) is 0 Å². The number of Topliss-reactive ketones (excluding diaryl/α,β-unsaturated/α-hetero) is 1. The summed E-state index contributed by atoms with van der Waals surface area (Å²) in [6.07, 6.45) is -0.690. The molecule has 2 atom stereocenters. The third-order valence-corrected chi connectivity index (χ3v) is 5.09. The fourth-order valence-corrected chi connectivity index (χ4v) is 3.41. The number of carbonyl (C=O) groups is 4. The predicted octanol–water partition coefficient (Wildman–Crippen LogP) is 2.21. The number of alkyl halides is 3. The van der Waals surface area contributed by atoms with E-state index in [2.05, 4.69) is 5.32 Å². The second-order valence-electron chi connectivity index (χ2n) is 6.82. The normalized spacial score (nSPS) is 18.1. The van der Waals surface area contributed by atoms with Crippen molar-refractivity contribution in [2.45, 2.75) is 16.3 Å². The van der Waals surface area contributed by atoms with Gasteiger partial charge in [0.2, 0.25) is 3.79 Å². The lowest BCUT2D eigenvalue weighted by Gasteiger charge is -2.25. The number of benzene rings is 1. The van der Waals surface area contributed by atoms with Gasteiger partial charge in [-0.15, -0.1) is 0 Å². The zero-order chi connectivity index (χ0) is 24.1. The SMILES string of the molecule is COc1cc(NC(=O)OCC(Cl)(Cl)Cl)c(C(=O)N2C[C@H](C(=O)C=O)C[C@H]2CO)cc1OC. The van der Waals surface area contributed by atoms with Crippen LogP contribution in [0.25, 0.3) is 0 Å². The molecular formula is C19H21Cl3N2O8. The van der Waals surface area contributed by atoms with E-state index >= 15 is 0 Å². The molecule has 1 fully saturated rings. The summed E-state index contributed by atoms with van der Waals surface area (Å²) >= 11 is 16.7. The van der Waals surface area contributed by atoms with E-state index in [0.29, 0.717) is 0 Å². The second kappa shape index (κ2) is 11.0.